The average molecular weight is 399 g/mol. The van der Waals surface area contributed by atoms with Crippen LogP contribution >= 0.6 is 0 Å². The molecule has 0 N–H and O–H groups in total. The predicted molar refractivity (Wildman–Crippen MR) is 108 cm³/mol. The number of piperidine rings is 1. The monoisotopic (exact) mass is 399 g/mol. The molecule has 4 rings (SSSR count). The Bertz CT molecular complexity index is 899. The largest absolute Gasteiger partial charge is 0.493 e. The first-order chi connectivity index (χ1) is 14.0. The minimum absolute atomic E-state index is 0.103. The lowest BCUT2D eigenvalue weighted by Gasteiger charge is -2.45. The Kier molecular flexibility index (Phi) is 5.25. The molecule has 1 saturated heterocycles. The minimum Gasteiger partial charge on any atom is -0.493 e. The molecular weight excluding hydrogens is 370 g/mol. The first-order valence-corrected chi connectivity index (χ1v) is 10.2. The molecule has 2 aromatic rings. The summed E-state index contributed by atoms with van der Waals surface area (Å²) in [4.78, 5) is 14.9. The van der Waals surface area contributed by atoms with Gasteiger partial charge in [0.05, 0.1) is 32.6 Å². The lowest BCUT2D eigenvalue weighted by molar-refractivity contribution is -0.143. The Balaban J connectivity index is 1.53. The standard InChI is InChI=1S/C22H29N3O4/c1-15-13-23-25(14-15)16(2)21(26)24-8-6-22(7-9-24)18-12-20(28-4)19(27-3)11-17(18)5-10-29-22/h11-14,16H,5-10H2,1-4H3. The van der Waals surface area contributed by atoms with Gasteiger partial charge in [0, 0.05) is 19.3 Å². The van der Waals surface area contributed by atoms with Gasteiger partial charge < -0.3 is 19.1 Å². The molecule has 1 aromatic heterocycles. The van der Waals surface area contributed by atoms with Crippen LogP contribution in [0.1, 0.15) is 42.5 Å². The molecule has 2 aliphatic rings. The van der Waals surface area contributed by atoms with Crippen molar-refractivity contribution in [2.75, 3.05) is 33.9 Å². The van der Waals surface area contributed by atoms with Gasteiger partial charge >= 0.3 is 0 Å². The third kappa shape index (κ3) is 3.48. The van der Waals surface area contributed by atoms with Crippen LogP contribution in [0.25, 0.3) is 0 Å². The van der Waals surface area contributed by atoms with Crippen molar-refractivity contribution in [3.8, 4) is 11.5 Å². The number of likely N-dealkylation sites (tertiary alicyclic amines) is 1. The van der Waals surface area contributed by atoms with Crippen LogP contribution in [0.15, 0.2) is 24.5 Å². The van der Waals surface area contributed by atoms with Gasteiger partial charge in [-0.1, -0.05) is 0 Å². The molecule has 1 spiro atoms. The van der Waals surface area contributed by atoms with E-state index in [9.17, 15) is 4.79 Å². The van der Waals surface area contributed by atoms with Gasteiger partial charge in [0.25, 0.3) is 0 Å². The second-order valence-corrected chi connectivity index (χ2v) is 7.96. The zero-order valence-electron chi connectivity index (χ0n) is 17.6. The Morgan fingerprint density at radius 2 is 1.90 bits per heavy atom. The molecule has 1 aromatic carbocycles. The lowest BCUT2D eigenvalue weighted by Crippen LogP contribution is -2.49. The molecule has 0 aliphatic carbocycles. The summed E-state index contributed by atoms with van der Waals surface area (Å²) in [7, 11) is 3.31. The number of benzene rings is 1. The number of ether oxygens (including phenoxy) is 3. The molecule has 0 saturated carbocycles. The number of carbonyl (C=O) groups is 1. The normalized spacial score (nSPS) is 19.0. The fourth-order valence-electron chi connectivity index (χ4n) is 4.51. The highest BCUT2D eigenvalue weighted by Crippen LogP contribution is 2.45. The average Bonchev–Trinajstić information content (AvgIpc) is 3.19. The Morgan fingerprint density at radius 3 is 2.52 bits per heavy atom. The number of aromatic nitrogens is 2. The summed E-state index contributed by atoms with van der Waals surface area (Å²) < 4.78 is 19.1. The van der Waals surface area contributed by atoms with E-state index in [0.29, 0.717) is 19.7 Å². The number of amides is 1. The number of hydrogen-bond acceptors (Lipinski definition) is 5. The fraction of sp³-hybridized carbons (Fsp3) is 0.545. The van der Waals surface area contributed by atoms with E-state index >= 15 is 0 Å². The van der Waals surface area contributed by atoms with Gasteiger partial charge in [-0.05, 0) is 61.9 Å². The molecule has 7 nitrogen and oxygen atoms in total. The maximum atomic E-state index is 13.0. The van der Waals surface area contributed by atoms with Gasteiger partial charge in [-0.25, -0.2) is 0 Å². The van der Waals surface area contributed by atoms with E-state index in [2.05, 4.69) is 17.2 Å². The van der Waals surface area contributed by atoms with Crippen LogP contribution < -0.4 is 9.47 Å². The first kappa shape index (κ1) is 19.8. The SMILES string of the molecule is COc1cc2c(cc1OC)C1(CCN(C(=O)C(C)n3cc(C)cn3)CC1)OCC2. The van der Waals surface area contributed by atoms with Crippen LogP contribution in [0.2, 0.25) is 0 Å². The molecule has 1 fully saturated rings. The second-order valence-electron chi connectivity index (χ2n) is 7.96. The molecule has 1 unspecified atom stereocenters. The number of hydrogen-bond donors (Lipinski definition) is 0. The molecule has 7 heteroatoms. The van der Waals surface area contributed by atoms with Crippen LogP contribution in [0, 0.1) is 6.92 Å². The molecule has 29 heavy (non-hydrogen) atoms. The van der Waals surface area contributed by atoms with E-state index in [1.54, 1.807) is 25.1 Å². The van der Waals surface area contributed by atoms with Crippen molar-refractivity contribution >= 4 is 5.91 Å². The van der Waals surface area contributed by atoms with Crippen molar-refractivity contribution in [1.29, 1.82) is 0 Å². The van der Waals surface area contributed by atoms with Crippen molar-refractivity contribution in [2.24, 2.45) is 0 Å². The van der Waals surface area contributed by atoms with Crippen LogP contribution in [0.5, 0.6) is 11.5 Å². The minimum atomic E-state index is -0.366. The Hall–Kier alpha value is -2.54. The number of rotatable bonds is 4. The highest BCUT2D eigenvalue weighted by Gasteiger charge is 2.43. The molecule has 156 valence electrons. The van der Waals surface area contributed by atoms with Crippen LogP contribution in [-0.2, 0) is 21.6 Å². The Labute approximate surface area is 171 Å². The second kappa shape index (κ2) is 7.71. The van der Waals surface area contributed by atoms with Crippen molar-refractivity contribution in [3.63, 3.8) is 0 Å². The molecule has 1 atom stereocenters. The van der Waals surface area contributed by atoms with Gasteiger partial charge in [-0.15, -0.1) is 0 Å². The van der Waals surface area contributed by atoms with Gasteiger partial charge in [-0.2, -0.15) is 5.10 Å². The van der Waals surface area contributed by atoms with E-state index in [1.165, 1.54) is 11.1 Å². The third-order valence-corrected chi connectivity index (χ3v) is 6.22. The van der Waals surface area contributed by atoms with E-state index in [-0.39, 0.29) is 17.6 Å². The first-order valence-electron chi connectivity index (χ1n) is 10.2. The number of aryl methyl sites for hydroxylation is 1. The highest BCUT2D eigenvalue weighted by atomic mass is 16.5. The van der Waals surface area contributed by atoms with Crippen molar-refractivity contribution in [3.05, 3.63) is 41.2 Å². The van der Waals surface area contributed by atoms with Crippen LogP contribution in [0.3, 0.4) is 0 Å². The van der Waals surface area contributed by atoms with Crippen molar-refractivity contribution in [1.82, 2.24) is 14.7 Å². The predicted octanol–water partition coefficient (Wildman–Crippen LogP) is 2.86. The Morgan fingerprint density at radius 1 is 1.21 bits per heavy atom. The van der Waals surface area contributed by atoms with Gasteiger partial charge in [0.1, 0.15) is 6.04 Å². The smallest absolute Gasteiger partial charge is 0.247 e. The third-order valence-electron chi connectivity index (χ3n) is 6.22. The van der Waals surface area contributed by atoms with Crippen molar-refractivity contribution < 1.29 is 19.0 Å². The summed E-state index contributed by atoms with van der Waals surface area (Å²) in [6, 6.07) is 3.82. The maximum absolute atomic E-state index is 13.0. The number of carbonyl (C=O) groups excluding carboxylic acids is 1. The van der Waals surface area contributed by atoms with Gasteiger partial charge in [0.15, 0.2) is 11.5 Å². The summed E-state index contributed by atoms with van der Waals surface area (Å²) in [5, 5.41) is 4.30. The van der Waals surface area contributed by atoms with Crippen LogP contribution in [0.4, 0.5) is 0 Å². The molecule has 0 radical (unpaired) electrons. The number of fused-ring (bicyclic) bond motifs is 2. The summed E-state index contributed by atoms with van der Waals surface area (Å²) in [5.74, 6) is 1.57. The summed E-state index contributed by atoms with van der Waals surface area (Å²) in [5.41, 5.74) is 3.10. The quantitative estimate of drug-likeness (QED) is 0.791. The molecule has 1 amide bonds. The molecule has 3 heterocycles. The summed E-state index contributed by atoms with van der Waals surface area (Å²) >= 11 is 0. The van der Waals surface area contributed by atoms with Crippen molar-refractivity contribution in [2.45, 2.75) is 44.8 Å². The van der Waals surface area contributed by atoms with E-state index in [4.69, 9.17) is 14.2 Å². The lowest BCUT2D eigenvalue weighted by atomic mass is 9.79. The van der Waals surface area contributed by atoms with E-state index in [0.717, 1.165) is 36.3 Å². The molecule has 0 bridgehead atoms. The van der Waals surface area contributed by atoms with Gasteiger partial charge in [0.2, 0.25) is 5.91 Å². The molecule has 2 aliphatic heterocycles. The van der Waals surface area contributed by atoms with E-state index < -0.39 is 0 Å². The maximum Gasteiger partial charge on any atom is 0.247 e. The molecular formula is C22H29N3O4. The summed E-state index contributed by atoms with van der Waals surface area (Å²) in [6.07, 6.45) is 6.09. The number of methoxy groups -OCH3 is 2. The zero-order chi connectivity index (χ0) is 20.6. The van der Waals surface area contributed by atoms with Gasteiger partial charge in [-0.3, -0.25) is 9.48 Å². The van der Waals surface area contributed by atoms with E-state index in [1.807, 2.05) is 24.9 Å². The fourth-order valence-corrected chi connectivity index (χ4v) is 4.51. The highest BCUT2D eigenvalue weighted by molar-refractivity contribution is 5.80. The van der Waals surface area contributed by atoms with Crippen LogP contribution in [-0.4, -0.2) is 54.5 Å². The topological polar surface area (TPSA) is 65.8 Å². The zero-order valence-corrected chi connectivity index (χ0v) is 17.6. The number of nitrogens with zero attached hydrogens (tertiary/aromatic N) is 3. The summed E-state index contributed by atoms with van der Waals surface area (Å²) in [6.45, 7) is 5.89.